The number of thiazole rings is 2. The van der Waals surface area contributed by atoms with Crippen LogP contribution in [0.5, 0.6) is 0 Å². The standard InChI is InChI=1S/C12H12N2OS.C11H10N2O2S/c1-6-13-9-5-8-7(4-10(9)16-6)12(2,3)11(15)14-8;1-11(2)5-3-8-7(13-10(15)16-8)4-6(5)12-9(11)14/h4-5H,1-3H3,(H,14,15);3-4H,1-2H3,(H,12,14)(H,13,15). The first-order chi connectivity index (χ1) is 15.0. The van der Waals surface area contributed by atoms with Crippen LogP contribution in [-0.4, -0.2) is 21.8 Å². The molecule has 0 saturated heterocycles. The van der Waals surface area contributed by atoms with E-state index in [0.717, 1.165) is 47.9 Å². The molecule has 2 amide bonds. The molecule has 0 aliphatic carbocycles. The number of anilines is 2. The molecule has 3 N–H and O–H groups in total. The van der Waals surface area contributed by atoms with Gasteiger partial charge in [0.2, 0.25) is 11.8 Å². The Morgan fingerprint density at radius 3 is 1.97 bits per heavy atom. The zero-order chi connectivity index (χ0) is 23.0. The van der Waals surface area contributed by atoms with Crippen LogP contribution in [0.3, 0.4) is 0 Å². The van der Waals surface area contributed by atoms with Gasteiger partial charge in [0.25, 0.3) is 0 Å². The second-order valence-electron chi connectivity index (χ2n) is 9.17. The SMILES string of the molecule is CC1(C)C(=O)Nc2cc3[nH]c(=O)sc3cc21.Cc1nc2cc3c(cc2s1)C(C)(C)C(=O)N3. The van der Waals surface area contributed by atoms with Crippen LogP contribution in [0, 0.1) is 6.92 Å². The minimum absolute atomic E-state index is 0.00231. The summed E-state index contributed by atoms with van der Waals surface area (Å²) in [5.74, 6) is 0.0689. The van der Waals surface area contributed by atoms with Crippen LogP contribution in [0.2, 0.25) is 0 Å². The molecule has 0 atom stereocenters. The molecule has 0 saturated carbocycles. The summed E-state index contributed by atoms with van der Waals surface area (Å²) in [4.78, 5) is 41.9. The van der Waals surface area contributed by atoms with Gasteiger partial charge < -0.3 is 15.6 Å². The number of hydrogen-bond donors (Lipinski definition) is 3. The van der Waals surface area contributed by atoms with Crippen LogP contribution in [-0.2, 0) is 20.4 Å². The van der Waals surface area contributed by atoms with E-state index < -0.39 is 10.8 Å². The van der Waals surface area contributed by atoms with E-state index in [1.54, 1.807) is 11.3 Å². The molecule has 164 valence electrons. The molecule has 4 heterocycles. The summed E-state index contributed by atoms with van der Waals surface area (Å²) in [7, 11) is 0. The van der Waals surface area contributed by atoms with Crippen LogP contribution >= 0.6 is 22.7 Å². The number of nitrogens with zero attached hydrogens (tertiary/aromatic N) is 1. The molecule has 2 aliphatic heterocycles. The average molecular weight is 467 g/mol. The highest BCUT2D eigenvalue weighted by molar-refractivity contribution is 7.18. The maximum absolute atomic E-state index is 11.8. The Balaban J connectivity index is 0.000000135. The third kappa shape index (κ3) is 3.07. The van der Waals surface area contributed by atoms with Gasteiger partial charge in [0.1, 0.15) is 0 Å². The fourth-order valence-electron chi connectivity index (χ4n) is 4.13. The van der Waals surface area contributed by atoms with Gasteiger partial charge in [-0.2, -0.15) is 0 Å². The number of hydrogen-bond acceptors (Lipinski definition) is 6. The number of benzene rings is 2. The number of fused-ring (bicyclic) bond motifs is 4. The largest absolute Gasteiger partial charge is 0.325 e. The number of aromatic nitrogens is 2. The van der Waals surface area contributed by atoms with Crippen LogP contribution in [0.15, 0.2) is 29.1 Å². The van der Waals surface area contributed by atoms with E-state index in [1.165, 1.54) is 11.3 Å². The highest BCUT2D eigenvalue weighted by atomic mass is 32.1. The third-order valence-corrected chi connectivity index (χ3v) is 7.95. The molecule has 9 heteroatoms. The van der Waals surface area contributed by atoms with Crippen LogP contribution < -0.4 is 15.5 Å². The molecule has 6 rings (SSSR count). The molecule has 4 aromatic rings. The first kappa shape index (κ1) is 20.8. The molecule has 7 nitrogen and oxygen atoms in total. The molecule has 0 fully saturated rings. The van der Waals surface area contributed by atoms with Gasteiger partial charge >= 0.3 is 4.87 Å². The molecule has 2 aromatic heterocycles. The predicted molar refractivity (Wildman–Crippen MR) is 130 cm³/mol. The van der Waals surface area contributed by atoms with Crippen molar-refractivity contribution in [2.75, 3.05) is 10.6 Å². The van der Waals surface area contributed by atoms with E-state index in [1.807, 2.05) is 52.8 Å². The van der Waals surface area contributed by atoms with E-state index in [4.69, 9.17) is 0 Å². The number of H-pyrrole nitrogens is 1. The van der Waals surface area contributed by atoms with E-state index in [2.05, 4.69) is 26.7 Å². The minimum atomic E-state index is -0.517. The van der Waals surface area contributed by atoms with E-state index in [-0.39, 0.29) is 16.7 Å². The molecule has 2 aliphatic rings. The van der Waals surface area contributed by atoms with Crippen molar-refractivity contribution in [3.63, 3.8) is 0 Å². The Kier molecular flexibility index (Phi) is 4.38. The molecule has 32 heavy (non-hydrogen) atoms. The van der Waals surface area contributed by atoms with Crippen molar-refractivity contribution in [1.82, 2.24) is 9.97 Å². The fourth-order valence-corrected chi connectivity index (χ4v) is 5.73. The zero-order valence-corrected chi connectivity index (χ0v) is 19.9. The summed E-state index contributed by atoms with van der Waals surface area (Å²) in [6, 6.07) is 7.81. The number of amides is 2. The molecule has 0 bridgehead atoms. The summed E-state index contributed by atoms with van der Waals surface area (Å²) in [5, 5.41) is 6.81. The Morgan fingerprint density at radius 2 is 1.34 bits per heavy atom. The number of rotatable bonds is 0. The normalized spacial score (nSPS) is 17.5. The van der Waals surface area contributed by atoms with Crippen molar-refractivity contribution < 1.29 is 9.59 Å². The number of carbonyl (C=O) groups excluding carboxylic acids is 2. The fraction of sp³-hybridized carbons (Fsp3) is 0.304. The second kappa shape index (κ2) is 6.73. The first-order valence-electron chi connectivity index (χ1n) is 10.2. The predicted octanol–water partition coefficient (Wildman–Crippen LogP) is 4.65. The Bertz CT molecular complexity index is 1510. The summed E-state index contributed by atoms with van der Waals surface area (Å²) in [6.07, 6.45) is 0. The van der Waals surface area contributed by atoms with Crippen molar-refractivity contribution in [3.8, 4) is 0 Å². The maximum Gasteiger partial charge on any atom is 0.305 e. The van der Waals surface area contributed by atoms with Crippen molar-refractivity contribution >= 4 is 66.3 Å². The summed E-state index contributed by atoms with van der Waals surface area (Å²) in [6.45, 7) is 9.67. The van der Waals surface area contributed by atoms with Crippen LogP contribution in [0.1, 0.15) is 43.8 Å². The van der Waals surface area contributed by atoms with Gasteiger partial charge in [-0.3, -0.25) is 14.4 Å². The lowest BCUT2D eigenvalue weighted by Gasteiger charge is -2.14. The average Bonchev–Trinajstić information content (AvgIpc) is 3.36. The highest BCUT2D eigenvalue weighted by Crippen LogP contribution is 2.41. The molecule has 0 radical (unpaired) electrons. The second-order valence-corrected chi connectivity index (χ2v) is 11.4. The lowest BCUT2D eigenvalue weighted by Crippen LogP contribution is -2.26. The number of nitrogens with one attached hydrogen (secondary N) is 3. The number of aryl methyl sites for hydroxylation is 1. The van der Waals surface area contributed by atoms with Crippen molar-refractivity contribution in [2.45, 2.75) is 45.4 Å². The lowest BCUT2D eigenvalue weighted by atomic mass is 9.86. The molecule has 0 unspecified atom stereocenters. The van der Waals surface area contributed by atoms with Crippen molar-refractivity contribution in [2.24, 2.45) is 0 Å². The van der Waals surface area contributed by atoms with E-state index in [0.29, 0.717) is 0 Å². The topological polar surface area (TPSA) is 104 Å². The maximum atomic E-state index is 11.8. The van der Waals surface area contributed by atoms with Gasteiger partial charge in [-0.1, -0.05) is 11.3 Å². The number of aromatic amines is 1. The van der Waals surface area contributed by atoms with Crippen molar-refractivity contribution in [3.05, 3.63) is 50.1 Å². The van der Waals surface area contributed by atoms with Gasteiger partial charge in [0, 0.05) is 11.4 Å². The van der Waals surface area contributed by atoms with E-state index in [9.17, 15) is 14.4 Å². The van der Waals surface area contributed by atoms with Crippen LogP contribution in [0.4, 0.5) is 11.4 Å². The summed E-state index contributed by atoms with van der Waals surface area (Å²) in [5.41, 5.74) is 4.56. The zero-order valence-electron chi connectivity index (χ0n) is 18.3. The highest BCUT2D eigenvalue weighted by Gasteiger charge is 2.39. The quantitative estimate of drug-likeness (QED) is 0.351. The van der Waals surface area contributed by atoms with Gasteiger partial charge in [0.15, 0.2) is 0 Å². The molecule has 0 spiro atoms. The smallest absolute Gasteiger partial charge is 0.305 e. The van der Waals surface area contributed by atoms with Crippen molar-refractivity contribution in [1.29, 1.82) is 0 Å². The van der Waals surface area contributed by atoms with E-state index >= 15 is 0 Å². The van der Waals surface area contributed by atoms with Gasteiger partial charge in [-0.05, 0) is 70.0 Å². The van der Waals surface area contributed by atoms with Crippen LogP contribution in [0.25, 0.3) is 20.4 Å². The van der Waals surface area contributed by atoms with Gasteiger partial charge in [-0.25, -0.2) is 4.98 Å². The molecule has 2 aromatic carbocycles. The van der Waals surface area contributed by atoms with Gasteiger partial charge in [-0.15, -0.1) is 11.3 Å². The van der Waals surface area contributed by atoms with Gasteiger partial charge in [0.05, 0.1) is 36.3 Å². The monoisotopic (exact) mass is 466 g/mol. The Hall–Kier alpha value is -3.04. The first-order valence-corrected chi connectivity index (χ1v) is 11.8. The number of carbonyl (C=O) groups is 2. The third-order valence-electron chi connectivity index (χ3n) is 6.17. The molecular formula is C23H22N4O3S2. The lowest BCUT2D eigenvalue weighted by molar-refractivity contribution is -0.120. The minimum Gasteiger partial charge on any atom is -0.325 e. The summed E-state index contributed by atoms with van der Waals surface area (Å²) < 4.78 is 2.05. The Morgan fingerprint density at radius 1 is 0.781 bits per heavy atom. The summed E-state index contributed by atoms with van der Waals surface area (Å²) >= 11 is 2.84. The Labute approximate surface area is 191 Å². The molecular weight excluding hydrogens is 444 g/mol.